The number of hydrogen-bond acceptors (Lipinski definition) is 6. The van der Waals surface area contributed by atoms with Crippen LogP contribution in [0.15, 0.2) is 49.6 Å². The Hall–Kier alpha value is -2.84. The summed E-state index contributed by atoms with van der Waals surface area (Å²) in [5, 5.41) is 0. The van der Waals surface area contributed by atoms with Crippen molar-refractivity contribution in [3.8, 4) is 0 Å². The van der Waals surface area contributed by atoms with Crippen LogP contribution < -0.4 is 0 Å². The Morgan fingerprint density at radius 2 is 1.12 bits per heavy atom. The second kappa shape index (κ2) is 11.7. The van der Waals surface area contributed by atoms with Crippen LogP contribution in [0, 0.1) is 46.3 Å². The fourth-order valence-electron chi connectivity index (χ4n) is 9.14. The molecule has 6 rings (SSSR count). The van der Waals surface area contributed by atoms with E-state index in [1.54, 1.807) is 0 Å². The van der Waals surface area contributed by atoms with Crippen LogP contribution in [0.4, 0.5) is 0 Å². The molecule has 2 saturated carbocycles. The van der Waals surface area contributed by atoms with Gasteiger partial charge in [-0.25, -0.2) is 0 Å². The number of amides is 4. The van der Waals surface area contributed by atoms with Crippen molar-refractivity contribution in [2.24, 2.45) is 46.3 Å². The molecule has 8 unspecified atom stereocenters. The highest BCUT2D eigenvalue weighted by Gasteiger charge is 2.66. The van der Waals surface area contributed by atoms with Crippen LogP contribution in [0.3, 0.4) is 0 Å². The minimum absolute atomic E-state index is 0.0151. The van der Waals surface area contributed by atoms with Crippen LogP contribution in [0.1, 0.15) is 51.4 Å². The third kappa shape index (κ3) is 4.66. The summed E-state index contributed by atoms with van der Waals surface area (Å²) >= 11 is 0. The van der Waals surface area contributed by atoms with Crippen molar-refractivity contribution >= 4 is 23.6 Å². The number of carbonyl (C=O) groups excluding carboxylic acids is 4. The lowest BCUT2D eigenvalue weighted by molar-refractivity contribution is -0.143. The standard InChI is InChI=1S/C34H44N2O6/c1-3-5-11-33-13-9-23(21-33)25-27(33)31(39)35(29(25)37)15-7-17-41-19-20-42-18-8-16-36-30(38)26-24-10-14-34(22-24,12-6-4-2)28(26)32(36)40/h3-4,9-10,13-14,23-28H,1-2,5-8,11-12,15-22H2. The third-order valence-electron chi connectivity index (χ3n) is 11.0. The lowest BCUT2D eigenvalue weighted by atomic mass is 9.72. The van der Waals surface area contributed by atoms with Crippen molar-refractivity contribution in [1.82, 2.24) is 9.80 Å². The van der Waals surface area contributed by atoms with Crippen LogP contribution in [0.5, 0.6) is 0 Å². The van der Waals surface area contributed by atoms with Crippen molar-refractivity contribution in [3.63, 3.8) is 0 Å². The first kappa shape index (κ1) is 29.2. The Kier molecular flexibility index (Phi) is 8.13. The molecule has 2 saturated heterocycles. The quantitative estimate of drug-likeness (QED) is 0.147. The summed E-state index contributed by atoms with van der Waals surface area (Å²) in [4.78, 5) is 55.6. The molecule has 226 valence electrons. The molecule has 0 N–H and O–H groups in total. The lowest BCUT2D eigenvalue weighted by Crippen LogP contribution is -2.36. The normalized spacial score (nSPS) is 37.0. The zero-order valence-corrected chi connectivity index (χ0v) is 24.6. The van der Waals surface area contributed by atoms with E-state index in [4.69, 9.17) is 9.47 Å². The summed E-state index contributed by atoms with van der Waals surface area (Å²) in [6.07, 6.45) is 18.9. The smallest absolute Gasteiger partial charge is 0.233 e. The Labute approximate surface area is 248 Å². The van der Waals surface area contributed by atoms with Crippen LogP contribution in [-0.2, 0) is 28.7 Å². The van der Waals surface area contributed by atoms with Crippen molar-refractivity contribution in [1.29, 1.82) is 0 Å². The maximum atomic E-state index is 13.2. The molecule has 0 aromatic rings. The Bertz CT molecular complexity index is 1120. The molecular weight excluding hydrogens is 532 g/mol. The number of rotatable bonds is 17. The van der Waals surface area contributed by atoms with Gasteiger partial charge in [0.1, 0.15) is 0 Å². The van der Waals surface area contributed by atoms with E-state index in [1.807, 2.05) is 12.2 Å². The van der Waals surface area contributed by atoms with Crippen molar-refractivity contribution < 1.29 is 28.7 Å². The summed E-state index contributed by atoms with van der Waals surface area (Å²) in [5.74, 6) is -0.526. The van der Waals surface area contributed by atoms with E-state index in [1.165, 1.54) is 9.80 Å². The van der Waals surface area contributed by atoms with Crippen molar-refractivity contribution in [2.75, 3.05) is 39.5 Å². The van der Waals surface area contributed by atoms with Gasteiger partial charge in [0.05, 0.1) is 36.9 Å². The van der Waals surface area contributed by atoms with E-state index in [0.717, 1.165) is 38.5 Å². The monoisotopic (exact) mass is 576 g/mol. The van der Waals surface area contributed by atoms with E-state index < -0.39 is 0 Å². The molecule has 0 spiro atoms. The fourth-order valence-corrected chi connectivity index (χ4v) is 9.14. The summed E-state index contributed by atoms with van der Waals surface area (Å²) < 4.78 is 11.4. The maximum absolute atomic E-state index is 13.2. The molecule has 4 fully saturated rings. The van der Waals surface area contributed by atoms with Gasteiger partial charge in [-0.1, -0.05) is 36.5 Å². The number of allylic oxidation sites excluding steroid dienone is 6. The molecule has 6 aliphatic rings. The zero-order valence-electron chi connectivity index (χ0n) is 24.6. The van der Waals surface area contributed by atoms with Gasteiger partial charge in [-0.3, -0.25) is 29.0 Å². The predicted octanol–water partition coefficient (Wildman–Crippen LogP) is 4.09. The van der Waals surface area contributed by atoms with Crippen LogP contribution >= 0.6 is 0 Å². The van der Waals surface area contributed by atoms with Gasteiger partial charge in [-0.15, -0.1) is 13.2 Å². The van der Waals surface area contributed by atoms with E-state index in [2.05, 4.69) is 37.5 Å². The molecule has 0 aromatic carbocycles. The SMILES string of the molecule is C=CCCC12C=CC(C1)C1C(=O)N(CCCOCCOCCCN3C(=O)C4C5C=CC(CCC=C)(C5)C4C3=O)C(=O)C12. The zero-order chi connectivity index (χ0) is 29.5. The number of ether oxygens (including phenoxy) is 2. The highest BCUT2D eigenvalue weighted by molar-refractivity contribution is 6.07. The molecule has 8 atom stereocenters. The second-order valence-corrected chi connectivity index (χ2v) is 13.2. The van der Waals surface area contributed by atoms with Gasteiger partial charge >= 0.3 is 0 Å². The predicted molar refractivity (Wildman–Crippen MR) is 156 cm³/mol. The summed E-state index contributed by atoms with van der Waals surface area (Å²) in [7, 11) is 0. The molecule has 4 amide bonds. The molecule has 8 heteroatoms. The minimum Gasteiger partial charge on any atom is -0.379 e. The molecule has 4 bridgehead atoms. The van der Waals surface area contributed by atoms with E-state index in [-0.39, 0.29) is 70.0 Å². The molecule has 2 aliphatic heterocycles. The average Bonchev–Trinajstić information content (AvgIpc) is 3.82. The van der Waals surface area contributed by atoms with Gasteiger partial charge in [0.2, 0.25) is 23.6 Å². The van der Waals surface area contributed by atoms with Crippen LogP contribution in [0.25, 0.3) is 0 Å². The van der Waals surface area contributed by atoms with Gasteiger partial charge in [0, 0.05) is 37.1 Å². The van der Waals surface area contributed by atoms with Crippen LogP contribution in [-0.4, -0.2) is 72.9 Å². The van der Waals surface area contributed by atoms with Gasteiger partial charge in [0.15, 0.2) is 0 Å². The molecular formula is C34H44N2O6. The van der Waals surface area contributed by atoms with E-state index in [9.17, 15) is 19.2 Å². The number of nitrogens with zero attached hydrogens (tertiary/aromatic N) is 2. The molecule has 0 aromatic heterocycles. The number of hydrogen-bond donors (Lipinski definition) is 0. The third-order valence-corrected chi connectivity index (χ3v) is 11.0. The summed E-state index contributed by atoms with van der Waals surface area (Å²) in [5.41, 5.74) is -0.366. The van der Waals surface area contributed by atoms with E-state index in [0.29, 0.717) is 52.4 Å². The number of fused-ring (bicyclic) bond motifs is 10. The maximum Gasteiger partial charge on any atom is 0.233 e. The number of likely N-dealkylation sites (tertiary alicyclic amines) is 2. The lowest BCUT2D eigenvalue weighted by Gasteiger charge is -2.30. The summed E-state index contributed by atoms with van der Waals surface area (Å²) in [6, 6.07) is 0. The largest absolute Gasteiger partial charge is 0.379 e. The fraction of sp³-hybridized carbons (Fsp3) is 0.647. The van der Waals surface area contributed by atoms with E-state index >= 15 is 0 Å². The second-order valence-electron chi connectivity index (χ2n) is 13.2. The first-order chi connectivity index (χ1) is 20.4. The topological polar surface area (TPSA) is 93.2 Å². The molecule has 8 nitrogen and oxygen atoms in total. The Balaban J connectivity index is 0.858. The van der Waals surface area contributed by atoms with Crippen molar-refractivity contribution in [2.45, 2.75) is 51.4 Å². The Morgan fingerprint density at radius 3 is 1.52 bits per heavy atom. The highest BCUT2D eigenvalue weighted by Crippen LogP contribution is 2.63. The highest BCUT2D eigenvalue weighted by atomic mass is 16.5. The number of carbonyl (C=O) groups is 4. The van der Waals surface area contributed by atoms with Gasteiger partial charge < -0.3 is 9.47 Å². The van der Waals surface area contributed by atoms with Crippen molar-refractivity contribution in [3.05, 3.63) is 49.6 Å². The number of imide groups is 2. The molecule has 4 aliphatic carbocycles. The molecule has 42 heavy (non-hydrogen) atoms. The average molecular weight is 577 g/mol. The molecule has 0 radical (unpaired) electrons. The van der Waals surface area contributed by atoms with Gasteiger partial charge in [-0.05, 0) is 63.2 Å². The van der Waals surface area contributed by atoms with Gasteiger partial charge in [0.25, 0.3) is 0 Å². The minimum atomic E-state index is -0.217. The first-order valence-electron chi connectivity index (χ1n) is 15.8. The van der Waals surface area contributed by atoms with Gasteiger partial charge in [-0.2, -0.15) is 0 Å². The molecule has 2 heterocycles. The van der Waals surface area contributed by atoms with Crippen LogP contribution in [0.2, 0.25) is 0 Å². The Morgan fingerprint density at radius 1 is 0.690 bits per heavy atom. The summed E-state index contributed by atoms with van der Waals surface area (Å²) in [6.45, 7) is 10.2. The first-order valence-corrected chi connectivity index (χ1v) is 15.8.